The van der Waals surface area contributed by atoms with Crippen molar-refractivity contribution in [2.45, 2.75) is 25.3 Å². The zero-order valence-electron chi connectivity index (χ0n) is 13.6. The lowest BCUT2D eigenvalue weighted by molar-refractivity contribution is 0.579. The number of benzene rings is 2. The summed E-state index contributed by atoms with van der Waals surface area (Å²) in [5.41, 5.74) is 3.23. The molecule has 1 N–H and O–H groups in total. The molecule has 3 rings (SSSR count). The molecule has 0 atom stereocenters. The number of para-hydroxylation sites is 1. The average molecular weight is 341 g/mol. The predicted molar refractivity (Wildman–Crippen MR) is 93.5 cm³/mol. The minimum atomic E-state index is -3.57. The first kappa shape index (κ1) is 16.4. The highest BCUT2D eigenvalue weighted by Gasteiger charge is 2.17. The molecule has 0 amide bonds. The van der Waals surface area contributed by atoms with Gasteiger partial charge in [0.25, 0.3) is 0 Å². The van der Waals surface area contributed by atoms with Crippen LogP contribution in [0.4, 0.5) is 0 Å². The van der Waals surface area contributed by atoms with Gasteiger partial charge in [-0.05, 0) is 49.2 Å². The van der Waals surface area contributed by atoms with Crippen molar-refractivity contribution in [3.8, 4) is 5.69 Å². The summed E-state index contributed by atoms with van der Waals surface area (Å²) < 4.78 is 29.4. The van der Waals surface area contributed by atoms with E-state index < -0.39 is 10.0 Å². The van der Waals surface area contributed by atoms with E-state index in [0.717, 1.165) is 16.8 Å². The van der Waals surface area contributed by atoms with E-state index in [1.165, 1.54) is 0 Å². The molecule has 124 valence electrons. The fraction of sp³-hybridized carbons (Fsp3) is 0.167. The molecule has 0 saturated carbocycles. The normalized spacial score (nSPS) is 11.6. The molecule has 0 bridgehead atoms. The molecule has 0 aliphatic rings. The Bertz CT molecular complexity index is 947. The van der Waals surface area contributed by atoms with Crippen LogP contribution in [-0.4, -0.2) is 18.2 Å². The monoisotopic (exact) mass is 341 g/mol. The van der Waals surface area contributed by atoms with Gasteiger partial charge in [-0.3, -0.25) is 0 Å². The highest BCUT2D eigenvalue weighted by atomic mass is 32.2. The van der Waals surface area contributed by atoms with Crippen molar-refractivity contribution in [2.75, 3.05) is 0 Å². The topological polar surface area (TPSA) is 64.0 Å². The lowest BCUT2D eigenvalue weighted by atomic mass is 10.2. The maximum absolute atomic E-state index is 12.5. The van der Waals surface area contributed by atoms with E-state index in [9.17, 15) is 8.42 Å². The highest BCUT2D eigenvalue weighted by molar-refractivity contribution is 7.89. The minimum Gasteiger partial charge on any atom is -0.241 e. The minimum absolute atomic E-state index is 0.148. The Morgan fingerprint density at radius 1 is 1.04 bits per heavy atom. The van der Waals surface area contributed by atoms with Crippen molar-refractivity contribution in [1.82, 2.24) is 14.5 Å². The van der Waals surface area contributed by atoms with Gasteiger partial charge in [0.05, 0.1) is 22.8 Å². The molecule has 0 aliphatic heterocycles. The Hall–Kier alpha value is -2.44. The quantitative estimate of drug-likeness (QED) is 0.776. The van der Waals surface area contributed by atoms with Gasteiger partial charge in [-0.2, -0.15) is 5.10 Å². The molecule has 0 aliphatic carbocycles. The summed E-state index contributed by atoms with van der Waals surface area (Å²) in [5.74, 6) is 0. The molecule has 0 spiro atoms. The first-order chi connectivity index (χ1) is 11.5. The first-order valence-corrected chi connectivity index (χ1v) is 9.11. The molecule has 0 saturated heterocycles. The molecule has 3 aromatic rings. The smallest absolute Gasteiger partial charge is 0.241 e. The van der Waals surface area contributed by atoms with E-state index in [1.807, 2.05) is 55.6 Å². The molecular formula is C18H19N3O2S. The SMILES string of the molecule is Cc1ccc(C)c(S(=O)(=O)NCc2ccn(-c3ccccc3)n2)c1. The van der Waals surface area contributed by atoms with Crippen LogP contribution >= 0.6 is 0 Å². The Kier molecular flexibility index (Phi) is 4.51. The second-order valence-electron chi connectivity index (χ2n) is 5.68. The van der Waals surface area contributed by atoms with E-state index >= 15 is 0 Å². The van der Waals surface area contributed by atoms with E-state index in [-0.39, 0.29) is 6.54 Å². The van der Waals surface area contributed by atoms with Gasteiger partial charge < -0.3 is 0 Å². The standard InChI is InChI=1S/C18H19N3O2S/c1-14-8-9-15(2)18(12-14)24(22,23)19-13-16-10-11-21(20-16)17-6-4-3-5-7-17/h3-12,19H,13H2,1-2H3. The molecule has 2 aromatic carbocycles. The largest absolute Gasteiger partial charge is 0.241 e. The van der Waals surface area contributed by atoms with E-state index in [0.29, 0.717) is 10.6 Å². The summed E-state index contributed by atoms with van der Waals surface area (Å²) in [4.78, 5) is 0.310. The third-order valence-electron chi connectivity index (χ3n) is 3.74. The molecule has 5 nitrogen and oxygen atoms in total. The van der Waals surface area contributed by atoms with Gasteiger partial charge in [-0.15, -0.1) is 0 Å². The maximum Gasteiger partial charge on any atom is 0.241 e. The third-order valence-corrected chi connectivity index (χ3v) is 5.28. The number of aromatic nitrogens is 2. The summed E-state index contributed by atoms with van der Waals surface area (Å²) >= 11 is 0. The van der Waals surface area contributed by atoms with Crippen molar-refractivity contribution in [2.24, 2.45) is 0 Å². The molecule has 6 heteroatoms. The third kappa shape index (κ3) is 3.55. The number of hydrogen-bond acceptors (Lipinski definition) is 3. The van der Waals surface area contributed by atoms with E-state index in [1.54, 1.807) is 23.7 Å². The van der Waals surface area contributed by atoms with Crippen LogP contribution in [0.3, 0.4) is 0 Å². The van der Waals surface area contributed by atoms with Crippen molar-refractivity contribution in [3.05, 3.63) is 77.6 Å². The number of hydrogen-bond donors (Lipinski definition) is 1. The molecular weight excluding hydrogens is 322 g/mol. The van der Waals surface area contributed by atoms with Crippen molar-refractivity contribution in [3.63, 3.8) is 0 Å². The number of nitrogens with one attached hydrogen (secondary N) is 1. The molecule has 1 heterocycles. The number of aryl methyl sites for hydroxylation is 2. The Morgan fingerprint density at radius 2 is 1.79 bits per heavy atom. The Balaban J connectivity index is 1.76. The fourth-order valence-corrected chi connectivity index (χ4v) is 3.75. The van der Waals surface area contributed by atoms with Gasteiger partial charge in [0.2, 0.25) is 10.0 Å². The number of rotatable bonds is 5. The van der Waals surface area contributed by atoms with Crippen molar-refractivity contribution in [1.29, 1.82) is 0 Å². The van der Waals surface area contributed by atoms with Crippen LogP contribution in [0.15, 0.2) is 65.7 Å². The van der Waals surface area contributed by atoms with E-state index in [2.05, 4.69) is 9.82 Å². The zero-order valence-corrected chi connectivity index (χ0v) is 14.4. The van der Waals surface area contributed by atoms with Crippen LogP contribution in [0.2, 0.25) is 0 Å². The lowest BCUT2D eigenvalue weighted by Gasteiger charge is -2.09. The van der Waals surface area contributed by atoms with Gasteiger partial charge in [0.1, 0.15) is 0 Å². The zero-order chi connectivity index (χ0) is 17.2. The van der Waals surface area contributed by atoms with Crippen LogP contribution in [0.5, 0.6) is 0 Å². The highest BCUT2D eigenvalue weighted by Crippen LogP contribution is 2.17. The summed E-state index contributed by atoms with van der Waals surface area (Å²) in [6.45, 7) is 3.81. The maximum atomic E-state index is 12.5. The summed E-state index contributed by atoms with van der Waals surface area (Å²) in [7, 11) is -3.57. The molecule has 1 aromatic heterocycles. The summed E-state index contributed by atoms with van der Waals surface area (Å²) in [6.07, 6.45) is 1.82. The van der Waals surface area contributed by atoms with Gasteiger partial charge >= 0.3 is 0 Å². The Labute approximate surface area is 142 Å². The molecule has 0 fully saturated rings. The van der Waals surface area contributed by atoms with Crippen LogP contribution < -0.4 is 4.72 Å². The molecule has 24 heavy (non-hydrogen) atoms. The van der Waals surface area contributed by atoms with Crippen LogP contribution in [0.25, 0.3) is 5.69 Å². The van der Waals surface area contributed by atoms with Gasteiger partial charge in [0.15, 0.2) is 0 Å². The predicted octanol–water partition coefficient (Wildman–Crippen LogP) is 2.97. The number of nitrogens with zero attached hydrogens (tertiary/aromatic N) is 2. The lowest BCUT2D eigenvalue weighted by Crippen LogP contribution is -2.24. The Morgan fingerprint density at radius 3 is 2.54 bits per heavy atom. The van der Waals surface area contributed by atoms with Gasteiger partial charge in [0, 0.05) is 6.20 Å². The average Bonchev–Trinajstić information content (AvgIpc) is 3.05. The second-order valence-corrected chi connectivity index (χ2v) is 7.42. The molecule has 0 radical (unpaired) electrons. The first-order valence-electron chi connectivity index (χ1n) is 7.62. The van der Waals surface area contributed by atoms with Crippen molar-refractivity contribution >= 4 is 10.0 Å². The number of sulfonamides is 1. The van der Waals surface area contributed by atoms with Crippen LogP contribution in [0, 0.1) is 13.8 Å². The van der Waals surface area contributed by atoms with Crippen LogP contribution in [-0.2, 0) is 16.6 Å². The summed E-state index contributed by atoms with van der Waals surface area (Å²) in [5, 5.41) is 4.41. The van der Waals surface area contributed by atoms with E-state index in [4.69, 9.17) is 0 Å². The van der Waals surface area contributed by atoms with Gasteiger partial charge in [-0.25, -0.2) is 17.8 Å². The van der Waals surface area contributed by atoms with Crippen LogP contribution in [0.1, 0.15) is 16.8 Å². The second kappa shape index (κ2) is 6.59. The summed E-state index contributed by atoms with van der Waals surface area (Å²) in [6, 6.07) is 16.9. The molecule has 0 unspecified atom stereocenters. The van der Waals surface area contributed by atoms with Gasteiger partial charge in [-0.1, -0.05) is 30.3 Å². The fourth-order valence-electron chi connectivity index (χ4n) is 2.42. The van der Waals surface area contributed by atoms with Crippen molar-refractivity contribution < 1.29 is 8.42 Å².